The van der Waals surface area contributed by atoms with Crippen LogP contribution >= 0.6 is 11.6 Å². The molecule has 0 aliphatic carbocycles. The normalized spacial score (nSPS) is 15.5. The molecule has 0 saturated carbocycles. The largest absolute Gasteiger partial charge is 0.502 e. The van der Waals surface area contributed by atoms with Crippen LogP contribution in [0.1, 0.15) is 0 Å². The summed E-state index contributed by atoms with van der Waals surface area (Å²) in [5, 5.41) is 1.13. The van der Waals surface area contributed by atoms with E-state index in [2.05, 4.69) is 9.83 Å². The summed E-state index contributed by atoms with van der Waals surface area (Å²) in [6.45, 7) is 8.55. The van der Waals surface area contributed by atoms with Crippen LogP contribution in [0.2, 0.25) is 5.02 Å². The molecule has 4 rings (SSSR count). The summed E-state index contributed by atoms with van der Waals surface area (Å²) in [5.41, 5.74) is 7.27. The fourth-order valence-corrected chi connectivity index (χ4v) is 2.64. The average Bonchev–Trinajstić information content (AvgIpc) is 3.47. The van der Waals surface area contributed by atoms with Crippen molar-refractivity contribution < 1.29 is 14.2 Å². The monoisotopic (exact) mass is 367 g/mol. The second-order valence-electron chi connectivity index (χ2n) is 5.81. The van der Waals surface area contributed by atoms with Gasteiger partial charge < -0.3 is 19.9 Å². The number of aromatic nitrogens is 1. The summed E-state index contributed by atoms with van der Waals surface area (Å²) in [5.74, 6) is 1.60. The number of epoxide rings is 1. The number of hydrogen-bond acceptors (Lipinski definition) is 5. The molecule has 130 valence electrons. The Morgan fingerprint density at radius 2 is 2.12 bits per heavy atom. The van der Waals surface area contributed by atoms with E-state index >= 15 is 0 Å². The number of hydrogen-bond donors (Lipinski definition) is 1. The third-order valence-electron chi connectivity index (χ3n) is 3.93. The summed E-state index contributed by atoms with van der Waals surface area (Å²) in [6, 6.07) is 10.2. The van der Waals surface area contributed by atoms with Crippen molar-refractivity contribution >= 4 is 33.9 Å². The van der Waals surface area contributed by atoms with E-state index in [0.29, 0.717) is 57.8 Å². The molecule has 1 aromatic heterocycles. The van der Waals surface area contributed by atoms with Crippen LogP contribution in [0.4, 0.5) is 11.4 Å². The molecular formula is C19H14ClN3O3. The molecule has 2 N–H and O–H groups in total. The van der Waals surface area contributed by atoms with Crippen molar-refractivity contribution in [1.82, 2.24) is 4.98 Å². The van der Waals surface area contributed by atoms with Gasteiger partial charge in [-0.3, -0.25) is 4.98 Å². The first-order valence-electron chi connectivity index (χ1n) is 7.91. The number of halogens is 1. The molecular weight excluding hydrogens is 354 g/mol. The number of rotatable bonds is 5. The van der Waals surface area contributed by atoms with E-state index in [-0.39, 0.29) is 6.10 Å². The van der Waals surface area contributed by atoms with Gasteiger partial charge in [0.15, 0.2) is 0 Å². The predicted molar refractivity (Wildman–Crippen MR) is 99.2 cm³/mol. The molecule has 0 spiro atoms. The van der Waals surface area contributed by atoms with Crippen molar-refractivity contribution in [3.05, 3.63) is 59.0 Å². The number of benzene rings is 2. The van der Waals surface area contributed by atoms with Gasteiger partial charge in [0.2, 0.25) is 5.69 Å². The molecule has 3 aromatic rings. The molecule has 26 heavy (non-hydrogen) atoms. The van der Waals surface area contributed by atoms with Crippen LogP contribution in [0.3, 0.4) is 0 Å². The maximum Gasteiger partial charge on any atom is 0.229 e. The van der Waals surface area contributed by atoms with Crippen molar-refractivity contribution in [2.45, 2.75) is 6.10 Å². The number of nitrogen functional groups attached to an aromatic ring is 1. The van der Waals surface area contributed by atoms with Gasteiger partial charge in [-0.25, -0.2) is 4.85 Å². The SMILES string of the molecule is [C-]#[N+]c1cc2c(Oc3ccc(N)c(Cl)c3)ccnc2cc1OC[C@@H]1CO1. The first-order chi connectivity index (χ1) is 12.6. The Hall–Kier alpha value is -3.01. The molecule has 1 saturated heterocycles. The maximum atomic E-state index is 7.43. The van der Waals surface area contributed by atoms with E-state index in [1.165, 1.54) is 0 Å². The molecule has 0 bridgehead atoms. The predicted octanol–water partition coefficient (Wildman–Crippen LogP) is 4.59. The summed E-state index contributed by atoms with van der Waals surface area (Å²) in [4.78, 5) is 7.91. The quantitative estimate of drug-likeness (QED) is 0.405. The number of nitrogens with two attached hydrogens (primary N) is 1. The van der Waals surface area contributed by atoms with E-state index < -0.39 is 0 Å². The molecule has 1 fully saturated rings. The minimum atomic E-state index is 0.113. The molecule has 1 aliphatic rings. The van der Waals surface area contributed by atoms with Gasteiger partial charge in [0.25, 0.3) is 0 Å². The zero-order valence-corrected chi connectivity index (χ0v) is 14.4. The van der Waals surface area contributed by atoms with Crippen molar-refractivity contribution in [2.75, 3.05) is 18.9 Å². The highest BCUT2D eigenvalue weighted by Crippen LogP contribution is 2.38. The van der Waals surface area contributed by atoms with Gasteiger partial charge in [0, 0.05) is 17.6 Å². The summed E-state index contributed by atoms with van der Waals surface area (Å²) in [6.07, 6.45) is 1.75. The number of ether oxygens (including phenoxy) is 3. The lowest BCUT2D eigenvalue weighted by molar-refractivity contribution is 0.264. The lowest BCUT2D eigenvalue weighted by Gasteiger charge is -2.12. The maximum absolute atomic E-state index is 7.43. The van der Waals surface area contributed by atoms with E-state index in [4.69, 9.17) is 38.1 Å². The Morgan fingerprint density at radius 3 is 2.85 bits per heavy atom. The second kappa shape index (κ2) is 6.71. The van der Waals surface area contributed by atoms with Gasteiger partial charge in [0.1, 0.15) is 30.0 Å². The second-order valence-corrected chi connectivity index (χ2v) is 6.22. The molecule has 6 nitrogen and oxygen atoms in total. The van der Waals surface area contributed by atoms with Gasteiger partial charge in [-0.15, -0.1) is 0 Å². The Labute approximate surface area is 154 Å². The summed E-state index contributed by atoms with van der Waals surface area (Å²) < 4.78 is 16.8. The topological polar surface area (TPSA) is 74.3 Å². The number of nitrogens with zero attached hydrogens (tertiary/aromatic N) is 2. The third-order valence-corrected chi connectivity index (χ3v) is 4.26. The van der Waals surface area contributed by atoms with Gasteiger partial charge in [-0.1, -0.05) is 11.6 Å². The van der Waals surface area contributed by atoms with Gasteiger partial charge in [-0.2, -0.15) is 0 Å². The lowest BCUT2D eigenvalue weighted by atomic mass is 10.1. The van der Waals surface area contributed by atoms with Crippen LogP contribution in [0, 0.1) is 6.57 Å². The van der Waals surface area contributed by atoms with E-state index in [9.17, 15) is 0 Å². The number of fused-ring (bicyclic) bond motifs is 1. The smallest absolute Gasteiger partial charge is 0.229 e. The Balaban J connectivity index is 1.70. The molecule has 2 heterocycles. The highest BCUT2D eigenvalue weighted by atomic mass is 35.5. The number of pyridine rings is 1. The van der Waals surface area contributed by atoms with Crippen molar-refractivity contribution in [1.29, 1.82) is 0 Å². The Kier molecular flexibility index (Phi) is 4.25. The standard InChI is InChI=1S/C19H14ClN3O3/c1-22-17-7-13-16(8-19(17)25-10-12-9-24-12)23-5-4-18(13)26-11-2-3-15(21)14(20)6-11/h2-8,12H,9-10,21H2/t12-/m0/s1. The Bertz CT molecular complexity index is 1030. The first-order valence-corrected chi connectivity index (χ1v) is 8.29. The molecule has 0 amide bonds. The fraction of sp³-hybridized carbons (Fsp3) is 0.158. The third kappa shape index (κ3) is 3.36. The van der Waals surface area contributed by atoms with Crippen molar-refractivity contribution in [3.63, 3.8) is 0 Å². The zero-order chi connectivity index (χ0) is 18.1. The van der Waals surface area contributed by atoms with Crippen LogP contribution < -0.4 is 15.2 Å². The minimum absolute atomic E-state index is 0.113. The molecule has 2 aromatic carbocycles. The summed E-state index contributed by atoms with van der Waals surface area (Å²) in [7, 11) is 0. The van der Waals surface area contributed by atoms with Gasteiger partial charge in [0.05, 0.1) is 29.4 Å². The average molecular weight is 368 g/mol. The summed E-state index contributed by atoms with van der Waals surface area (Å²) >= 11 is 6.05. The Morgan fingerprint density at radius 1 is 1.27 bits per heavy atom. The molecule has 0 unspecified atom stereocenters. The zero-order valence-electron chi connectivity index (χ0n) is 13.6. The van der Waals surface area contributed by atoms with E-state index in [1.807, 2.05) is 0 Å². The van der Waals surface area contributed by atoms with Crippen LogP contribution in [-0.2, 0) is 4.74 Å². The fourth-order valence-electron chi connectivity index (χ4n) is 2.47. The van der Waals surface area contributed by atoms with E-state index in [0.717, 1.165) is 0 Å². The lowest BCUT2D eigenvalue weighted by Crippen LogP contribution is -2.04. The van der Waals surface area contributed by atoms with Crippen LogP contribution in [-0.4, -0.2) is 24.3 Å². The molecule has 7 heteroatoms. The van der Waals surface area contributed by atoms with Crippen LogP contribution in [0.15, 0.2) is 42.6 Å². The van der Waals surface area contributed by atoms with Crippen LogP contribution in [0.25, 0.3) is 15.7 Å². The highest BCUT2D eigenvalue weighted by molar-refractivity contribution is 6.33. The molecule has 1 aliphatic heterocycles. The molecule has 1 atom stereocenters. The first kappa shape index (κ1) is 16.5. The van der Waals surface area contributed by atoms with Crippen molar-refractivity contribution in [3.8, 4) is 17.2 Å². The van der Waals surface area contributed by atoms with Gasteiger partial charge >= 0.3 is 0 Å². The van der Waals surface area contributed by atoms with E-state index in [1.54, 1.807) is 42.6 Å². The highest BCUT2D eigenvalue weighted by Gasteiger charge is 2.24. The van der Waals surface area contributed by atoms with Crippen molar-refractivity contribution in [2.24, 2.45) is 0 Å². The minimum Gasteiger partial charge on any atom is -0.502 e. The number of anilines is 1. The molecule has 0 radical (unpaired) electrons. The van der Waals surface area contributed by atoms with Crippen LogP contribution in [0.5, 0.6) is 17.2 Å². The van der Waals surface area contributed by atoms with Gasteiger partial charge in [-0.05, 0) is 30.3 Å².